The number of nitro benzene ring substituents is 2. The van der Waals surface area contributed by atoms with Crippen molar-refractivity contribution < 1.29 is 19.4 Å². The Balaban J connectivity index is 3.39. The van der Waals surface area contributed by atoms with Crippen LogP contribution in [0.4, 0.5) is 11.4 Å². The van der Waals surface area contributed by atoms with E-state index in [0.717, 1.165) is 17.8 Å². The predicted octanol–water partition coefficient (Wildman–Crippen LogP) is 2.89. The lowest BCUT2D eigenvalue weighted by molar-refractivity contribution is -0.396. The first-order valence-electron chi connectivity index (χ1n) is 5.94. The van der Waals surface area contributed by atoms with E-state index >= 15 is 0 Å². The van der Waals surface area contributed by atoms with Gasteiger partial charge in [-0.1, -0.05) is 13.8 Å². The van der Waals surface area contributed by atoms with Crippen molar-refractivity contribution in [3.05, 3.63) is 37.9 Å². The average Bonchev–Trinajstić information content (AvgIpc) is 2.43. The van der Waals surface area contributed by atoms with Gasteiger partial charge < -0.3 is 4.74 Å². The number of ether oxygens (including phenoxy) is 1. The van der Waals surface area contributed by atoms with Crippen LogP contribution in [0.25, 0.3) is 0 Å². The SMILES string of the molecule is COC(=O)CSc1c(C(C)C)cc([N+](=O)[O-])cc1[N+](=O)[O-]. The summed E-state index contributed by atoms with van der Waals surface area (Å²) >= 11 is 0.945. The molecule has 0 saturated carbocycles. The highest BCUT2D eigenvalue weighted by Gasteiger charge is 2.26. The summed E-state index contributed by atoms with van der Waals surface area (Å²) in [6.07, 6.45) is 0. The second-order valence-corrected chi connectivity index (χ2v) is 5.40. The van der Waals surface area contributed by atoms with Crippen LogP contribution in [0.15, 0.2) is 17.0 Å². The van der Waals surface area contributed by atoms with E-state index in [4.69, 9.17) is 0 Å². The molecule has 0 amide bonds. The second-order valence-electron chi connectivity index (χ2n) is 4.42. The molecule has 0 fully saturated rings. The van der Waals surface area contributed by atoms with Gasteiger partial charge in [-0.05, 0) is 11.5 Å². The zero-order chi connectivity index (χ0) is 16.2. The number of carbonyl (C=O) groups is 1. The molecule has 0 N–H and O–H groups in total. The van der Waals surface area contributed by atoms with Crippen LogP contribution >= 0.6 is 11.8 Å². The minimum absolute atomic E-state index is 0.102. The standard InChI is InChI=1S/C12H14N2O6S/c1-7(2)9-4-8(13(16)17)5-10(14(18)19)12(9)21-6-11(15)20-3/h4-5,7H,6H2,1-3H3. The van der Waals surface area contributed by atoms with E-state index < -0.39 is 15.8 Å². The fraction of sp³-hybridized carbons (Fsp3) is 0.417. The molecule has 0 atom stereocenters. The Hall–Kier alpha value is -2.16. The molecule has 0 spiro atoms. The number of thioether (sulfide) groups is 1. The fourth-order valence-electron chi connectivity index (χ4n) is 1.64. The first-order valence-corrected chi connectivity index (χ1v) is 6.92. The van der Waals surface area contributed by atoms with Gasteiger partial charge in [0.25, 0.3) is 11.4 Å². The third-order valence-electron chi connectivity index (χ3n) is 2.67. The van der Waals surface area contributed by atoms with E-state index in [9.17, 15) is 25.0 Å². The molecule has 0 unspecified atom stereocenters. The van der Waals surface area contributed by atoms with Gasteiger partial charge in [0.15, 0.2) is 0 Å². The van der Waals surface area contributed by atoms with E-state index in [0.29, 0.717) is 5.56 Å². The second kappa shape index (κ2) is 7.02. The van der Waals surface area contributed by atoms with E-state index in [1.807, 2.05) is 0 Å². The van der Waals surface area contributed by atoms with E-state index in [1.165, 1.54) is 13.2 Å². The molecule has 1 rings (SSSR count). The molecule has 0 aliphatic carbocycles. The lowest BCUT2D eigenvalue weighted by atomic mass is 10.0. The Bertz CT molecular complexity index is 587. The number of esters is 1. The number of benzene rings is 1. The maximum Gasteiger partial charge on any atom is 0.315 e. The lowest BCUT2D eigenvalue weighted by Crippen LogP contribution is -2.06. The third kappa shape index (κ3) is 4.15. The lowest BCUT2D eigenvalue weighted by Gasteiger charge is -2.12. The van der Waals surface area contributed by atoms with Crippen LogP contribution in [0.2, 0.25) is 0 Å². The van der Waals surface area contributed by atoms with Gasteiger partial charge >= 0.3 is 5.97 Å². The molecule has 21 heavy (non-hydrogen) atoms. The van der Waals surface area contributed by atoms with Gasteiger partial charge in [0.1, 0.15) is 0 Å². The molecule has 0 heterocycles. The molecule has 0 aliphatic heterocycles. The number of nitrogens with zero attached hydrogens (tertiary/aromatic N) is 2. The first kappa shape index (κ1) is 16.9. The summed E-state index contributed by atoms with van der Waals surface area (Å²) in [5.41, 5.74) is -0.251. The van der Waals surface area contributed by atoms with Crippen molar-refractivity contribution in [1.29, 1.82) is 0 Å². The molecule has 9 heteroatoms. The average molecular weight is 314 g/mol. The molecular formula is C12H14N2O6S. The molecule has 0 aromatic heterocycles. The number of hydrogen-bond acceptors (Lipinski definition) is 7. The van der Waals surface area contributed by atoms with Crippen LogP contribution in [0.1, 0.15) is 25.3 Å². The molecule has 1 aromatic carbocycles. The van der Waals surface area contributed by atoms with E-state index in [2.05, 4.69) is 4.74 Å². The largest absolute Gasteiger partial charge is 0.468 e. The van der Waals surface area contributed by atoms with Crippen LogP contribution in [0.3, 0.4) is 0 Å². The van der Waals surface area contributed by atoms with Crippen LogP contribution in [-0.4, -0.2) is 28.7 Å². The number of carbonyl (C=O) groups excluding carboxylic acids is 1. The van der Waals surface area contributed by atoms with Crippen molar-refractivity contribution in [2.24, 2.45) is 0 Å². The molecule has 1 aromatic rings. The summed E-state index contributed by atoms with van der Waals surface area (Å²) in [5, 5.41) is 22.0. The molecule has 0 aliphatic rings. The van der Waals surface area contributed by atoms with Crippen molar-refractivity contribution in [3.8, 4) is 0 Å². The highest BCUT2D eigenvalue weighted by atomic mass is 32.2. The molecular weight excluding hydrogens is 300 g/mol. The summed E-state index contributed by atoms with van der Waals surface area (Å²) < 4.78 is 4.50. The number of rotatable bonds is 6. The first-order chi connectivity index (χ1) is 9.77. The highest BCUT2D eigenvalue weighted by Crippen LogP contribution is 2.39. The van der Waals surface area contributed by atoms with Gasteiger partial charge in [0.05, 0.1) is 33.7 Å². The Labute approximate surface area is 124 Å². The Morgan fingerprint density at radius 2 is 1.90 bits per heavy atom. The molecule has 8 nitrogen and oxygen atoms in total. The van der Waals surface area contributed by atoms with Crippen LogP contribution in [-0.2, 0) is 9.53 Å². The maximum absolute atomic E-state index is 11.2. The minimum Gasteiger partial charge on any atom is -0.468 e. The summed E-state index contributed by atoms with van der Waals surface area (Å²) in [4.78, 5) is 32.1. The van der Waals surface area contributed by atoms with Gasteiger partial charge in [0, 0.05) is 6.07 Å². The highest BCUT2D eigenvalue weighted by molar-refractivity contribution is 8.00. The summed E-state index contributed by atoms with van der Waals surface area (Å²) in [6, 6.07) is 2.21. The zero-order valence-electron chi connectivity index (χ0n) is 11.7. The third-order valence-corrected chi connectivity index (χ3v) is 3.79. The normalized spacial score (nSPS) is 10.5. The molecule has 0 bridgehead atoms. The predicted molar refractivity (Wildman–Crippen MR) is 76.6 cm³/mol. The van der Waals surface area contributed by atoms with Crippen molar-refractivity contribution in [2.45, 2.75) is 24.7 Å². The minimum atomic E-state index is -0.682. The number of hydrogen-bond donors (Lipinski definition) is 0. The van der Waals surface area contributed by atoms with Crippen LogP contribution in [0, 0.1) is 20.2 Å². The van der Waals surface area contributed by atoms with Crippen molar-refractivity contribution in [3.63, 3.8) is 0 Å². The Morgan fingerprint density at radius 1 is 1.29 bits per heavy atom. The number of non-ortho nitro benzene ring substituents is 1. The number of methoxy groups -OCH3 is 1. The summed E-state index contributed by atoms with van der Waals surface area (Å²) in [6.45, 7) is 3.54. The Morgan fingerprint density at radius 3 is 2.33 bits per heavy atom. The fourth-order valence-corrected chi connectivity index (χ4v) is 2.76. The Kier molecular flexibility index (Phi) is 5.65. The van der Waals surface area contributed by atoms with Crippen LogP contribution in [0.5, 0.6) is 0 Å². The molecule has 0 radical (unpaired) electrons. The smallest absolute Gasteiger partial charge is 0.315 e. The van der Waals surface area contributed by atoms with Gasteiger partial charge in [-0.2, -0.15) is 0 Å². The quantitative estimate of drug-likeness (QED) is 0.343. The van der Waals surface area contributed by atoms with Gasteiger partial charge in [-0.15, -0.1) is 11.8 Å². The van der Waals surface area contributed by atoms with Gasteiger partial charge in [0.2, 0.25) is 0 Å². The topological polar surface area (TPSA) is 113 Å². The molecule has 0 saturated heterocycles. The summed E-state index contributed by atoms with van der Waals surface area (Å²) in [7, 11) is 1.22. The maximum atomic E-state index is 11.2. The van der Waals surface area contributed by atoms with Gasteiger partial charge in [-0.25, -0.2) is 0 Å². The molecule has 114 valence electrons. The van der Waals surface area contributed by atoms with Crippen molar-refractivity contribution >= 4 is 29.1 Å². The van der Waals surface area contributed by atoms with E-state index in [1.54, 1.807) is 13.8 Å². The van der Waals surface area contributed by atoms with Crippen molar-refractivity contribution in [1.82, 2.24) is 0 Å². The zero-order valence-corrected chi connectivity index (χ0v) is 12.5. The number of nitro groups is 2. The van der Waals surface area contributed by atoms with Crippen LogP contribution < -0.4 is 0 Å². The van der Waals surface area contributed by atoms with Crippen molar-refractivity contribution in [2.75, 3.05) is 12.9 Å². The van der Waals surface area contributed by atoms with E-state index in [-0.39, 0.29) is 27.9 Å². The van der Waals surface area contributed by atoms with Gasteiger partial charge in [-0.3, -0.25) is 25.0 Å². The monoisotopic (exact) mass is 314 g/mol. The summed E-state index contributed by atoms with van der Waals surface area (Å²) in [5.74, 6) is -0.791.